The molecule has 0 N–H and O–H groups in total. The molecule has 1 aromatic heterocycles. The SMILES string of the molecule is C/C=C1\CN=C(c2c(OCc3ccccc3)c(C)nn2CC)O1. The fourth-order valence-electron chi connectivity index (χ4n) is 2.52. The highest BCUT2D eigenvalue weighted by atomic mass is 16.5. The van der Waals surface area contributed by atoms with Gasteiger partial charge in [0.25, 0.3) is 0 Å². The molecule has 1 aliphatic heterocycles. The predicted octanol–water partition coefficient (Wildman–Crippen LogP) is 3.47. The minimum atomic E-state index is 0.494. The quantitative estimate of drug-likeness (QED) is 0.849. The Kier molecular flexibility index (Phi) is 4.46. The van der Waals surface area contributed by atoms with E-state index in [0.29, 0.717) is 19.0 Å². The van der Waals surface area contributed by atoms with E-state index >= 15 is 0 Å². The van der Waals surface area contributed by atoms with Crippen LogP contribution >= 0.6 is 0 Å². The van der Waals surface area contributed by atoms with Gasteiger partial charge in [0.1, 0.15) is 24.6 Å². The molecular formula is C18H21N3O2. The monoisotopic (exact) mass is 311 g/mol. The van der Waals surface area contributed by atoms with Gasteiger partial charge in [0.15, 0.2) is 11.4 Å². The third kappa shape index (κ3) is 3.13. The van der Waals surface area contributed by atoms with Gasteiger partial charge in [0.05, 0.1) is 0 Å². The maximum Gasteiger partial charge on any atom is 0.244 e. The van der Waals surface area contributed by atoms with Crippen LogP contribution in [0.2, 0.25) is 0 Å². The van der Waals surface area contributed by atoms with Crippen molar-refractivity contribution in [2.24, 2.45) is 4.99 Å². The molecule has 0 fully saturated rings. The van der Waals surface area contributed by atoms with E-state index in [4.69, 9.17) is 9.47 Å². The molecule has 1 aliphatic rings. The molecule has 1 aromatic carbocycles. The molecule has 3 rings (SSSR count). The third-order valence-electron chi connectivity index (χ3n) is 3.73. The van der Waals surface area contributed by atoms with E-state index in [1.165, 1.54) is 0 Å². The summed E-state index contributed by atoms with van der Waals surface area (Å²) in [5.74, 6) is 2.19. The van der Waals surface area contributed by atoms with E-state index in [0.717, 1.165) is 35.0 Å². The summed E-state index contributed by atoms with van der Waals surface area (Å²) in [6.45, 7) is 7.73. The van der Waals surface area contributed by atoms with Crippen molar-refractivity contribution in [3.05, 3.63) is 59.1 Å². The second-order valence-corrected chi connectivity index (χ2v) is 5.33. The van der Waals surface area contributed by atoms with Crippen molar-refractivity contribution in [2.45, 2.75) is 33.9 Å². The Hall–Kier alpha value is -2.56. The normalized spacial score (nSPS) is 15.6. The van der Waals surface area contributed by atoms with Gasteiger partial charge in [0.2, 0.25) is 5.90 Å². The summed E-state index contributed by atoms with van der Waals surface area (Å²) in [4.78, 5) is 4.48. The van der Waals surface area contributed by atoms with Gasteiger partial charge in [-0.25, -0.2) is 4.99 Å². The fourth-order valence-corrected chi connectivity index (χ4v) is 2.52. The molecule has 23 heavy (non-hydrogen) atoms. The lowest BCUT2D eigenvalue weighted by Gasteiger charge is -2.10. The number of nitrogens with zero attached hydrogens (tertiary/aromatic N) is 3. The Morgan fingerprint density at radius 2 is 2.09 bits per heavy atom. The fraction of sp³-hybridized carbons (Fsp3) is 0.333. The largest absolute Gasteiger partial charge is 0.484 e. The van der Waals surface area contributed by atoms with Gasteiger partial charge < -0.3 is 9.47 Å². The van der Waals surface area contributed by atoms with E-state index in [9.17, 15) is 0 Å². The van der Waals surface area contributed by atoms with E-state index in [2.05, 4.69) is 10.1 Å². The van der Waals surface area contributed by atoms with Crippen LogP contribution in [0.25, 0.3) is 0 Å². The molecule has 0 saturated carbocycles. The number of hydrogen-bond donors (Lipinski definition) is 0. The van der Waals surface area contributed by atoms with E-state index in [-0.39, 0.29) is 0 Å². The maximum absolute atomic E-state index is 6.05. The molecule has 0 spiro atoms. The summed E-state index contributed by atoms with van der Waals surface area (Å²) in [5.41, 5.74) is 2.78. The zero-order valence-corrected chi connectivity index (χ0v) is 13.7. The van der Waals surface area contributed by atoms with Crippen LogP contribution in [0.3, 0.4) is 0 Å². The lowest BCUT2D eigenvalue weighted by molar-refractivity contribution is 0.301. The van der Waals surface area contributed by atoms with Crippen molar-refractivity contribution in [1.29, 1.82) is 0 Å². The second-order valence-electron chi connectivity index (χ2n) is 5.33. The third-order valence-corrected chi connectivity index (χ3v) is 3.73. The Bertz CT molecular complexity index is 745. The molecule has 0 atom stereocenters. The molecule has 0 unspecified atom stereocenters. The number of aliphatic imine (C=N–C) groups is 1. The van der Waals surface area contributed by atoms with Crippen LogP contribution in [0.15, 0.2) is 47.2 Å². The molecule has 0 amide bonds. The molecule has 5 heteroatoms. The van der Waals surface area contributed by atoms with E-state index < -0.39 is 0 Å². The van der Waals surface area contributed by atoms with Crippen molar-refractivity contribution in [2.75, 3.05) is 6.54 Å². The van der Waals surface area contributed by atoms with Crippen LogP contribution in [0.5, 0.6) is 5.75 Å². The van der Waals surface area contributed by atoms with Crippen molar-refractivity contribution in [3.63, 3.8) is 0 Å². The topological polar surface area (TPSA) is 48.6 Å². The van der Waals surface area contributed by atoms with E-state index in [1.807, 2.05) is 61.9 Å². The summed E-state index contributed by atoms with van der Waals surface area (Å²) in [6.07, 6.45) is 1.93. The number of ether oxygens (including phenoxy) is 2. The molecule has 0 saturated heterocycles. The highest BCUT2D eigenvalue weighted by Crippen LogP contribution is 2.28. The number of aromatic nitrogens is 2. The summed E-state index contributed by atoms with van der Waals surface area (Å²) < 4.78 is 13.8. The minimum absolute atomic E-state index is 0.494. The molecule has 2 aromatic rings. The van der Waals surface area contributed by atoms with Gasteiger partial charge in [-0.2, -0.15) is 5.10 Å². The molecule has 0 aliphatic carbocycles. The number of rotatable bonds is 5. The van der Waals surface area contributed by atoms with Crippen LogP contribution in [0.1, 0.15) is 30.8 Å². The molecule has 0 radical (unpaired) electrons. The van der Waals surface area contributed by atoms with Crippen LogP contribution in [0.4, 0.5) is 0 Å². The standard InChI is InChI=1S/C18H21N3O2/c1-4-15-11-19-18(23-15)16-17(13(3)20-21(16)5-2)22-12-14-9-7-6-8-10-14/h4,6-10H,5,11-12H2,1-3H3/b15-4+. The highest BCUT2D eigenvalue weighted by molar-refractivity contribution is 5.97. The summed E-state index contributed by atoms with van der Waals surface area (Å²) in [6, 6.07) is 10.1. The number of allylic oxidation sites excluding steroid dienone is 1. The van der Waals surface area contributed by atoms with Gasteiger partial charge >= 0.3 is 0 Å². The van der Waals surface area contributed by atoms with Crippen molar-refractivity contribution >= 4 is 5.90 Å². The first-order chi connectivity index (χ1) is 11.2. The summed E-state index contributed by atoms with van der Waals surface area (Å²) in [7, 11) is 0. The second kappa shape index (κ2) is 6.69. The lowest BCUT2D eigenvalue weighted by atomic mass is 10.2. The van der Waals surface area contributed by atoms with Crippen molar-refractivity contribution in [3.8, 4) is 5.75 Å². The van der Waals surface area contributed by atoms with Gasteiger partial charge in [-0.15, -0.1) is 0 Å². The van der Waals surface area contributed by atoms with Gasteiger partial charge in [-0.3, -0.25) is 4.68 Å². The molecule has 2 heterocycles. The predicted molar refractivity (Wildman–Crippen MR) is 89.7 cm³/mol. The summed E-state index contributed by atoms with van der Waals surface area (Å²) >= 11 is 0. The first-order valence-electron chi connectivity index (χ1n) is 7.85. The summed E-state index contributed by atoms with van der Waals surface area (Å²) in [5, 5.41) is 4.55. The lowest BCUT2D eigenvalue weighted by Crippen LogP contribution is -2.12. The molecule has 5 nitrogen and oxygen atoms in total. The van der Waals surface area contributed by atoms with Crippen LogP contribution in [-0.2, 0) is 17.9 Å². The number of aryl methyl sites for hydroxylation is 2. The van der Waals surface area contributed by atoms with Gasteiger partial charge in [-0.1, -0.05) is 30.3 Å². The van der Waals surface area contributed by atoms with Crippen LogP contribution in [-0.4, -0.2) is 22.2 Å². The Balaban J connectivity index is 1.89. The van der Waals surface area contributed by atoms with Crippen molar-refractivity contribution < 1.29 is 9.47 Å². The molecule has 120 valence electrons. The van der Waals surface area contributed by atoms with Crippen LogP contribution in [0, 0.1) is 6.92 Å². The minimum Gasteiger partial charge on any atom is -0.484 e. The van der Waals surface area contributed by atoms with Gasteiger partial charge in [-0.05, 0) is 32.4 Å². The zero-order valence-electron chi connectivity index (χ0n) is 13.7. The van der Waals surface area contributed by atoms with Crippen LogP contribution < -0.4 is 4.74 Å². The number of benzene rings is 1. The highest BCUT2D eigenvalue weighted by Gasteiger charge is 2.26. The Labute approximate surface area is 136 Å². The average Bonchev–Trinajstić information content (AvgIpc) is 3.17. The van der Waals surface area contributed by atoms with Crippen molar-refractivity contribution in [1.82, 2.24) is 9.78 Å². The molecule has 0 bridgehead atoms. The van der Waals surface area contributed by atoms with E-state index in [1.54, 1.807) is 0 Å². The maximum atomic E-state index is 6.05. The average molecular weight is 311 g/mol. The molecular weight excluding hydrogens is 290 g/mol. The zero-order chi connectivity index (χ0) is 16.2. The first-order valence-corrected chi connectivity index (χ1v) is 7.85. The Morgan fingerprint density at radius 3 is 2.74 bits per heavy atom. The Morgan fingerprint density at radius 1 is 1.30 bits per heavy atom. The first kappa shape index (κ1) is 15.3. The smallest absolute Gasteiger partial charge is 0.244 e. The number of hydrogen-bond acceptors (Lipinski definition) is 4. The van der Waals surface area contributed by atoms with Gasteiger partial charge in [0, 0.05) is 6.54 Å².